The van der Waals surface area contributed by atoms with Crippen molar-refractivity contribution in [2.45, 2.75) is 50.9 Å². The Labute approximate surface area is 144 Å². The van der Waals surface area contributed by atoms with Crippen molar-refractivity contribution in [2.24, 2.45) is 0 Å². The Morgan fingerprint density at radius 1 is 1.21 bits per heavy atom. The van der Waals surface area contributed by atoms with E-state index in [9.17, 15) is 18.3 Å². The van der Waals surface area contributed by atoms with Gasteiger partial charge >= 0.3 is 0 Å². The number of β-amino-alcohol motifs (C(OH)–C–C–N with tert-alkyl or cyclic N) is 1. The molecular weight excluding hydrogens is 326 g/mol. The van der Waals surface area contributed by atoms with Crippen LogP contribution in [0.5, 0.6) is 0 Å². The summed E-state index contributed by atoms with van der Waals surface area (Å²) in [4.78, 5) is 13.1. The lowest BCUT2D eigenvalue weighted by molar-refractivity contribution is -0.128. The van der Waals surface area contributed by atoms with E-state index in [1.165, 1.54) is 4.90 Å². The first-order valence-electron chi connectivity index (χ1n) is 8.32. The molecule has 0 aromatic heterocycles. The first kappa shape index (κ1) is 18.9. The van der Waals surface area contributed by atoms with E-state index in [1.54, 1.807) is 0 Å². The van der Waals surface area contributed by atoms with Crippen LogP contribution in [0.25, 0.3) is 0 Å². The molecule has 0 spiro atoms. The highest BCUT2D eigenvalue weighted by atomic mass is 32.2. The van der Waals surface area contributed by atoms with Crippen LogP contribution in [0.4, 0.5) is 0 Å². The second-order valence-corrected chi connectivity index (χ2v) is 9.71. The Morgan fingerprint density at radius 3 is 2.33 bits per heavy atom. The van der Waals surface area contributed by atoms with E-state index in [1.807, 2.05) is 24.3 Å². The molecule has 1 atom stereocenters. The predicted octanol–water partition coefficient (Wildman–Crippen LogP) is 1.88. The van der Waals surface area contributed by atoms with Crippen molar-refractivity contribution in [3.05, 3.63) is 35.4 Å². The zero-order valence-corrected chi connectivity index (χ0v) is 15.5. The molecule has 134 valence electrons. The van der Waals surface area contributed by atoms with Crippen molar-refractivity contribution < 1.29 is 18.3 Å². The van der Waals surface area contributed by atoms with E-state index in [2.05, 4.69) is 20.8 Å². The summed E-state index contributed by atoms with van der Waals surface area (Å²) in [6.45, 7) is 7.02. The molecule has 6 heteroatoms. The maximum atomic E-state index is 12.3. The highest BCUT2D eigenvalue weighted by Crippen LogP contribution is 2.22. The predicted molar refractivity (Wildman–Crippen MR) is 94.5 cm³/mol. The molecule has 0 bridgehead atoms. The SMILES string of the molecule is CC(C)(C)c1ccc(CS(=O)(=O)C[C@H](O)CN2CCCC2=O)cc1. The molecule has 5 nitrogen and oxygen atoms in total. The van der Waals surface area contributed by atoms with Gasteiger partial charge in [0, 0.05) is 19.5 Å². The molecule has 1 aromatic carbocycles. The number of benzene rings is 1. The Kier molecular flexibility index (Phi) is 5.71. The molecule has 1 fully saturated rings. The van der Waals surface area contributed by atoms with Gasteiger partial charge in [0.25, 0.3) is 0 Å². The summed E-state index contributed by atoms with van der Waals surface area (Å²) in [7, 11) is -3.43. The second kappa shape index (κ2) is 7.23. The van der Waals surface area contributed by atoms with E-state index < -0.39 is 15.9 Å². The first-order chi connectivity index (χ1) is 11.1. The van der Waals surface area contributed by atoms with Gasteiger partial charge in [-0.25, -0.2) is 8.42 Å². The third-order valence-corrected chi connectivity index (χ3v) is 5.92. The average molecular weight is 353 g/mol. The third kappa shape index (κ3) is 5.31. The molecule has 1 saturated heterocycles. The standard InChI is InChI=1S/C18H27NO4S/c1-18(2,3)15-8-6-14(7-9-15)12-24(22,23)13-16(20)11-19-10-4-5-17(19)21/h6-9,16,20H,4-5,10-13H2,1-3H3/t16-/m1/s1. The van der Waals surface area contributed by atoms with E-state index >= 15 is 0 Å². The number of aliphatic hydroxyl groups is 1. The van der Waals surface area contributed by atoms with Crippen LogP contribution in [0.2, 0.25) is 0 Å². The molecule has 1 amide bonds. The van der Waals surface area contributed by atoms with Gasteiger partial charge in [-0.3, -0.25) is 4.79 Å². The molecular formula is C18H27NO4S. The summed E-state index contributed by atoms with van der Waals surface area (Å²) < 4.78 is 24.6. The van der Waals surface area contributed by atoms with Crippen LogP contribution >= 0.6 is 0 Å². The van der Waals surface area contributed by atoms with Gasteiger partial charge in [-0.15, -0.1) is 0 Å². The van der Waals surface area contributed by atoms with E-state index in [0.29, 0.717) is 18.5 Å². The molecule has 0 radical (unpaired) electrons. The van der Waals surface area contributed by atoms with Gasteiger partial charge in [-0.05, 0) is 23.0 Å². The first-order valence-corrected chi connectivity index (χ1v) is 10.1. The van der Waals surface area contributed by atoms with Gasteiger partial charge in [-0.1, -0.05) is 45.0 Å². The highest BCUT2D eigenvalue weighted by Gasteiger charge is 2.25. The van der Waals surface area contributed by atoms with Crippen LogP contribution in [-0.2, 0) is 25.8 Å². The molecule has 0 saturated carbocycles. The molecule has 0 aliphatic carbocycles. The molecule has 2 rings (SSSR count). The monoisotopic (exact) mass is 353 g/mol. The van der Waals surface area contributed by atoms with Crippen molar-refractivity contribution in [3.8, 4) is 0 Å². The molecule has 1 aromatic rings. The fraction of sp³-hybridized carbons (Fsp3) is 0.611. The Hall–Kier alpha value is -1.40. The van der Waals surface area contributed by atoms with Gasteiger partial charge in [0.2, 0.25) is 5.91 Å². The fourth-order valence-corrected chi connectivity index (χ4v) is 4.42. The van der Waals surface area contributed by atoms with Crippen molar-refractivity contribution in [2.75, 3.05) is 18.8 Å². The molecule has 24 heavy (non-hydrogen) atoms. The molecule has 1 aliphatic rings. The quantitative estimate of drug-likeness (QED) is 0.847. The number of aliphatic hydroxyl groups excluding tert-OH is 1. The summed E-state index contributed by atoms with van der Waals surface area (Å²) in [5, 5.41) is 10.0. The summed E-state index contributed by atoms with van der Waals surface area (Å²) >= 11 is 0. The lowest BCUT2D eigenvalue weighted by Gasteiger charge is -2.20. The molecule has 1 N–H and O–H groups in total. The maximum absolute atomic E-state index is 12.3. The minimum atomic E-state index is -3.43. The lowest BCUT2D eigenvalue weighted by Crippen LogP contribution is -2.37. The van der Waals surface area contributed by atoms with Crippen LogP contribution in [0.15, 0.2) is 24.3 Å². The number of nitrogens with zero attached hydrogens (tertiary/aromatic N) is 1. The van der Waals surface area contributed by atoms with Gasteiger partial charge in [0.05, 0.1) is 17.6 Å². The summed E-state index contributed by atoms with van der Waals surface area (Å²) in [6, 6.07) is 7.55. The third-order valence-electron chi connectivity index (χ3n) is 4.26. The Morgan fingerprint density at radius 2 is 1.83 bits per heavy atom. The fourth-order valence-electron chi connectivity index (χ4n) is 2.91. The van der Waals surface area contributed by atoms with Gasteiger partial charge in [0.15, 0.2) is 9.84 Å². The second-order valence-electron chi connectivity index (χ2n) is 7.60. The van der Waals surface area contributed by atoms with E-state index in [-0.39, 0.29) is 29.4 Å². The number of amides is 1. The van der Waals surface area contributed by atoms with Crippen molar-refractivity contribution >= 4 is 15.7 Å². The molecule has 1 heterocycles. The van der Waals surface area contributed by atoms with E-state index in [4.69, 9.17) is 0 Å². The zero-order chi connectivity index (χ0) is 18.0. The number of carbonyl (C=O) groups is 1. The number of sulfone groups is 1. The number of hydrogen-bond donors (Lipinski definition) is 1. The van der Waals surface area contributed by atoms with Gasteiger partial charge < -0.3 is 10.0 Å². The van der Waals surface area contributed by atoms with Crippen molar-refractivity contribution in [1.82, 2.24) is 4.90 Å². The Balaban J connectivity index is 1.94. The van der Waals surface area contributed by atoms with Gasteiger partial charge in [-0.2, -0.15) is 0 Å². The minimum Gasteiger partial charge on any atom is -0.390 e. The van der Waals surface area contributed by atoms with Crippen LogP contribution in [0.1, 0.15) is 44.7 Å². The number of likely N-dealkylation sites (tertiary alicyclic amines) is 1. The van der Waals surface area contributed by atoms with Crippen LogP contribution in [-0.4, -0.2) is 49.3 Å². The van der Waals surface area contributed by atoms with Crippen LogP contribution in [0, 0.1) is 0 Å². The Bertz CT molecular complexity index is 674. The van der Waals surface area contributed by atoms with Gasteiger partial charge in [0.1, 0.15) is 0 Å². The van der Waals surface area contributed by atoms with E-state index in [0.717, 1.165) is 12.0 Å². The largest absolute Gasteiger partial charge is 0.390 e. The number of hydrogen-bond acceptors (Lipinski definition) is 4. The van der Waals surface area contributed by atoms with Crippen molar-refractivity contribution in [1.29, 1.82) is 0 Å². The van der Waals surface area contributed by atoms with Crippen molar-refractivity contribution in [3.63, 3.8) is 0 Å². The molecule has 0 unspecified atom stereocenters. The number of carbonyl (C=O) groups excluding carboxylic acids is 1. The number of rotatable bonds is 6. The summed E-state index contributed by atoms with van der Waals surface area (Å²) in [6.07, 6.45) is 0.226. The van der Waals surface area contributed by atoms with Crippen LogP contribution in [0.3, 0.4) is 0 Å². The lowest BCUT2D eigenvalue weighted by atomic mass is 9.87. The van der Waals surface area contributed by atoms with Crippen LogP contribution < -0.4 is 0 Å². The normalized spacial score (nSPS) is 17.3. The minimum absolute atomic E-state index is 0.00998. The summed E-state index contributed by atoms with van der Waals surface area (Å²) in [5.41, 5.74) is 1.89. The molecule has 1 aliphatic heterocycles. The summed E-state index contributed by atoms with van der Waals surface area (Å²) in [5.74, 6) is -0.426. The smallest absolute Gasteiger partial charge is 0.222 e. The average Bonchev–Trinajstić information content (AvgIpc) is 2.82. The zero-order valence-electron chi connectivity index (χ0n) is 14.7. The highest BCUT2D eigenvalue weighted by molar-refractivity contribution is 7.90. The topological polar surface area (TPSA) is 74.7 Å². The maximum Gasteiger partial charge on any atom is 0.222 e.